The summed E-state index contributed by atoms with van der Waals surface area (Å²) >= 11 is 0. The number of benzene rings is 1. The van der Waals surface area contributed by atoms with Crippen LogP contribution in [0.5, 0.6) is 5.75 Å². The van der Waals surface area contributed by atoms with E-state index in [1.165, 1.54) is 30.4 Å². The van der Waals surface area contributed by atoms with E-state index in [2.05, 4.69) is 4.74 Å². The topological polar surface area (TPSA) is 89.7 Å². The van der Waals surface area contributed by atoms with E-state index < -0.39 is 16.6 Å². The predicted molar refractivity (Wildman–Crippen MR) is 60.4 cm³/mol. The molecule has 17 heavy (non-hydrogen) atoms. The van der Waals surface area contributed by atoms with Gasteiger partial charge in [-0.2, -0.15) is 0 Å². The first kappa shape index (κ1) is 12.7. The molecule has 0 bridgehead atoms. The summed E-state index contributed by atoms with van der Waals surface area (Å²) in [5.74, 6) is -0.952. The third-order valence-corrected chi connectivity index (χ3v) is 1.89. The molecule has 1 aromatic carbocycles. The van der Waals surface area contributed by atoms with Crippen LogP contribution in [0.4, 0.5) is 5.69 Å². The van der Waals surface area contributed by atoms with Crippen molar-refractivity contribution in [2.45, 2.75) is 6.92 Å². The van der Waals surface area contributed by atoms with Crippen molar-refractivity contribution in [3.8, 4) is 5.75 Å². The van der Waals surface area contributed by atoms with Gasteiger partial charge in [0, 0.05) is 12.1 Å². The van der Waals surface area contributed by atoms with Crippen LogP contribution < -0.4 is 0 Å². The van der Waals surface area contributed by atoms with Gasteiger partial charge in [-0.1, -0.05) is 0 Å². The molecule has 0 aliphatic heterocycles. The largest absolute Gasteiger partial charge is 0.502 e. The van der Waals surface area contributed by atoms with Gasteiger partial charge in [-0.3, -0.25) is 10.1 Å². The Kier molecular flexibility index (Phi) is 4.21. The summed E-state index contributed by atoms with van der Waals surface area (Å²) < 4.78 is 4.66. The molecule has 0 aliphatic rings. The quantitative estimate of drug-likeness (QED) is 0.373. The smallest absolute Gasteiger partial charge is 0.330 e. The first-order valence-corrected chi connectivity index (χ1v) is 4.87. The second kappa shape index (κ2) is 5.64. The molecule has 0 unspecified atom stereocenters. The summed E-state index contributed by atoms with van der Waals surface area (Å²) in [6, 6.07) is 3.79. The van der Waals surface area contributed by atoms with E-state index >= 15 is 0 Å². The molecule has 0 saturated carbocycles. The van der Waals surface area contributed by atoms with E-state index in [-0.39, 0.29) is 12.3 Å². The average molecular weight is 237 g/mol. The van der Waals surface area contributed by atoms with Crippen LogP contribution in [0.1, 0.15) is 12.5 Å². The number of nitro groups is 1. The minimum Gasteiger partial charge on any atom is -0.502 e. The Balaban J connectivity index is 2.84. The average Bonchev–Trinajstić information content (AvgIpc) is 2.26. The van der Waals surface area contributed by atoms with Crippen LogP contribution in [0.25, 0.3) is 6.08 Å². The Morgan fingerprint density at radius 2 is 2.29 bits per heavy atom. The minimum absolute atomic E-state index is 0.273. The number of carbonyl (C=O) groups is 1. The van der Waals surface area contributed by atoms with Crippen LogP contribution >= 0.6 is 0 Å². The molecule has 1 rings (SSSR count). The lowest BCUT2D eigenvalue weighted by atomic mass is 10.2. The second-order valence-electron chi connectivity index (χ2n) is 3.09. The van der Waals surface area contributed by atoms with Gasteiger partial charge in [0.15, 0.2) is 5.75 Å². The molecular weight excluding hydrogens is 226 g/mol. The zero-order valence-electron chi connectivity index (χ0n) is 9.12. The summed E-state index contributed by atoms with van der Waals surface area (Å²) in [6.07, 6.45) is 2.59. The van der Waals surface area contributed by atoms with Crippen molar-refractivity contribution < 1.29 is 19.6 Å². The highest BCUT2D eigenvalue weighted by molar-refractivity contribution is 5.87. The molecule has 6 nitrogen and oxygen atoms in total. The summed E-state index contributed by atoms with van der Waals surface area (Å²) in [5.41, 5.74) is 0.0967. The molecule has 0 saturated heterocycles. The van der Waals surface area contributed by atoms with Crippen LogP contribution in [0.15, 0.2) is 24.3 Å². The van der Waals surface area contributed by atoms with E-state index in [0.29, 0.717) is 5.56 Å². The lowest BCUT2D eigenvalue weighted by molar-refractivity contribution is -0.385. The number of hydrogen-bond acceptors (Lipinski definition) is 5. The van der Waals surface area contributed by atoms with Crippen molar-refractivity contribution >= 4 is 17.7 Å². The van der Waals surface area contributed by atoms with Crippen LogP contribution in [-0.4, -0.2) is 22.6 Å². The van der Waals surface area contributed by atoms with Gasteiger partial charge in [-0.25, -0.2) is 4.79 Å². The van der Waals surface area contributed by atoms with Gasteiger partial charge in [0.05, 0.1) is 11.5 Å². The van der Waals surface area contributed by atoms with Gasteiger partial charge in [-0.15, -0.1) is 0 Å². The number of carbonyl (C=O) groups excluding carboxylic acids is 1. The maximum atomic E-state index is 11.0. The van der Waals surface area contributed by atoms with Crippen molar-refractivity contribution in [1.82, 2.24) is 0 Å². The maximum Gasteiger partial charge on any atom is 0.330 e. The zero-order chi connectivity index (χ0) is 12.8. The van der Waals surface area contributed by atoms with Crippen molar-refractivity contribution in [2.24, 2.45) is 0 Å². The highest BCUT2D eigenvalue weighted by Gasteiger charge is 2.11. The van der Waals surface area contributed by atoms with Gasteiger partial charge in [0.2, 0.25) is 0 Å². The van der Waals surface area contributed by atoms with Crippen molar-refractivity contribution in [2.75, 3.05) is 6.61 Å². The fraction of sp³-hybridized carbons (Fsp3) is 0.182. The van der Waals surface area contributed by atoms with Crippen LogP contribution in [0.2, 0.25) is 0 Å². The number of phenolic OH excluding ortho intramolecular Hbond substituents is 1. The molecule has 1 N–H and O–H groups in total. The van der Waals surface area contributed by atoms with Crippen LogP contribution in [-0.2, 0) is 9.53 Å². The van der Waals surface area contributed by atoms with E-state index in [1.54, 1.807) is 6.92 Å². The van der Waals surface area contributed by atoms with Gasteiger partial charge in [0.1, 0.15) is 0 Å². The number of aromatic hydroxyl groups is 1. The monoisotopic (exact) mass is 237 g/mol. The SMILES string of the molecule is CCOC(=O)C=Cc1ccc([N+](=O)[O-])c(O)c1. The van der Waals surface area contributed by atoms with Crippen LogP contribution in [0.3, 0.4) is 0 Å². The molecule has 0 heterocycles. The number of ether oxygens (including phenoxy) is 1. The molecule has 90 valence electrons. The molecular formula is C11H11NO5. The van der Waals surface area contributed by atoms with Gasteiger partial charge in [0.25, 0.3) is 0 Å². The number of rotatable bonds is 4. The summed E-state index contributed by atoms with van der Waals surface area (Å²) in [7, 11) is 0. The molecule has 0 atom stereocenters. The lowest BCUT2D eigenvalue weighted by Gasteiger charge is -1.98. The van der Waals surface area contributed by atoms with E-state index in [4.69, 9.17) is 0 Å². The van der Waals surface area contributed by atoms with Crippen LogP contribution in [0, 0.1) is 10.1 Å². The normalized spacial score (nSPS) is 10.4. The van der Waals surface area contributed by atoms with Crippen molar-refractivity contribution in [3.05, 3.63) is 40.0 Å². The molecule has 0 spiro atoms. The highest BCUT2D eigenvalue weighted by Crippen LogP contribution is 2.26. The van der Waals surface area contributed by atoms with Crippen molar-refractivity contribution in [1.29, 1.82) is 0 Å². The Morgan fingerprint density at radius 3 is 2.82 bits per heavy atom. The van der Waals surface area contributed by atoms with Gasteiger partial charge in [-0.05, 0) is 30.7 Å². The standard InChI is InChI=1S/C11H11NO5/c1-2-17-11(14)6-4-8-3-5-9(12(15)16)10(13)7-8/h3-7,13H,2H2,1H3. The molecule has 0 aromatic heterocycles. The molecule has 6 heteroatoms. The number of nitrogens with zero attached hydrogens (tertiary/aromatic N) is 1. The Hall–Kier alpha value is -2.37. The fourth-order valence-corrected chi connectivity index (χ4v) is 1.15. The minimum atomic E-state index is -0.686. The Bertz CT molecular complexity index is 467. The molecule has 0 radical (unpaired) electrons. The molecule has 0 aliphatic carbocycles. The first-order chi connectivity index (χ1) is 8.04. The summed E-state index contributed by atoms with van der Waals surface area (Å²) in [6.45, 7) is 1.96. The predicted octanol–water partition coefficient (Wildman–Crippen LogP) is 1.88. The highest BCUT2D eigenvalue weighted by atomic mass is 16.6. The number of phenols is 1. The molecule has 0 amide bonds. The lowest BCUT2D eigenvalue weighted by Crippen LogP contribution is -1.98. The van der Waals surface area contributed by atoms with E-state index in [0.717, 1.165) is 0 Å². The third-order valence-electron chi connectivity index (χ3n) is 1.89. The summed E-state index contributed by atoms with van der Waals surface area (Å²) in [4.78, 5) is 20.7. The first-order valence-electron chi connectivity index (χ1n) is 4.87. The zero-order valence-corrected chi connectivity index (χ0v) is 9.12. The third kappa shape index (κ3) is 3.60. The Labute approximate surface area is 97.3 Å². The number of esters is 1. The van der Waals surface area contributed by atoms with Gasteiger partial charge < -0.3 is 9.84 Å². The van der Waals surface area contributed by atoms with E-state index in [1.807, 2.05) is 0 Å². The maximum absolute atomic E-state index is 11.0. The van der Waals surface area contributed by atoms with Crippen molar-refractivity contribution in [3.63, 3.8) is 0 Å². The fourth-order valence-electron chi connectivity index (χ4n) is 1.15. The number of hydrogen-bond donors (Lipinski definition) is 1. The second-order valence-corrected chi connectivity index (χ2v) is 3.09. The van der Waals surface area contributed by atoms with E-state index in [9.17, 15) is 20.0 Å². The molecule has 0 fully saturated rings. The Morgan fingerprint density at radius 1 is 1.59 bits per heavy atom. The molecule has 1 aromatic rings. The van der Waals surface area contributed by atoms with Gasteiger partial charge >= 0.3 is 11.7 Å². The number of nitro benzene ring substituents is 1. The summed E-state index contributed by atoms with van der Waals surface area (Å²) in [5, 5.41) is 19.8.